The SMILES string of the molecule is CC(C)(CO)CCCN1C(=O)C2COCCN2C1=O. The van der Waals surface area contributed by atoms with Gasteiger partial charge < -0.3 is 14.7 Å². The Morgan fingerprint density at radius 3 is 2.79 bits per heavy atom. The van der Waals surface area contributed by atoms with E-state index >= 15 is 0 Å². The van der Waals surface area contributed by atoms with Crippen molar-refractivity contribution in [3.8, 4) is 0 Å². The number of rotatable bonds is 5. The zero-order valence-corrected chi connectivity index (χ0v) is 11.6. The van der Waals surface area contributed by atoms with Gasteiger partial charge in [-0.25, -0.2) is 4.79 Å². The molecule has 2 aliphatic heterocycles. The molecular formula is C13H22N2O4. The van der Waals surface area contributed by atoms with Crippen molar-refractivity contribution in [2.24, 2.45) is 5.41 Å². The van der Waals surface area contributed by atoms with Gasteiger partial charge in [0.2, 0.25) is 0 Å². The van der Waals surface area contributed by atoms with Gasteiger partial charge in [0.25, 0.3) is 5.91 Å². The van der Waals surface area contributed by atoms with E-state index in [1.807, 2.05) is 13.8 Å². The Hall–Kier alpha value is -1.14. The maximum absolute atomic E-state index is 12.1. The standard InChI is InChI=1S/C13H22N2O4/c1-13(2,9-16)4-3-5-15-11(17)10-8-19-7-6-14(10)12(15)18/h10,16H,3-9H2,1-2H3. The molecule has 0 saturated carbocycles. The van der Waals surface area contributed by atoms with Crippen LogP contribution in [-0.4, -0.2) is 65.8 Å². The lowest BCUT2D eigenvalue weighted by atomic mass is 9.89. The summed E-state index contributed by atoms with van der Waals surface area (Å²) in [6, 6.07) is -0.618. The number of aliphatic hydroxyl groups is 1. The van der Waals surface area contributed by atoms with E-state index in [1.54, 1.807) is 4.90 Å². The second-order valence-corrected chi connectivity index (χ2v) is 5.98. The monoisotopic (exact) mass is 270 g/mol. The van der Waals surface area contributed by atoms with Gasteiger partial charge in [0.1, 0.15) is 6.04 Å². The zero-order chi connectivity index (χ0) is 14.0. The van der Waals surface area contributed by atoms with Crippen molar-refractivity contribution in [3.63, 3.8) is 0 Å². The second kappa shape index (κ2) is 5.46. The number of fused-ring (bicyclic) bond motifs is 1. The summed E-state index contributed by atoms with van der Waals surface area (Å²) >= 11 is 0. The average Bonchev–Trinajstić information content (AvgIpc) is 2.64. The highest BCUT2D eigenvalue weighted by Gasteiger charge is 2.46. The van der Waals surface area contributed by atoms with Crippen LogP contribution >= 0.6 is 0 Å². The molecule has 0 aromatic carbocycles. The maximum Gasteiger partial charge on any atom is 0.327 e. The predicted molar refractivity (Wildman–Crippen MR) is 68.5 cm³/mol. The summed E-state index contributed by atoms with van der Waals surface area (Å²) in [7, 11) is 0. The fourth-order valence-electron chi connectivity index (χ4n) is 2.47. The van der Waals surface area contributed by atoms with Crippen LogP contribution in [0.5, 0.6) is 0 Å². The van der Waals surface area contributed by atoms with Crippen LogP contribution in [0, 0.1) is 5.41 Å². The Kier molecular flexibility index (Phi) is 4.10. The molecule has 108 valence electrons. The molecule has 2 saturated heterocycles. The normalized spacial score (nSPS) is 24.1. The molecule has 2 rings (SSSR count). The Balaban J connectivity index is 1.90. The van der Waals surface area contributed by atoms with Gasteiger partial charge in [-0.15, -0.1) is 0 Å². The third kappa shape index (κ3) is 2.90. The minimum atomic E-state index is -0.424. The lowest BCUT2D eigenvalue weighted by Gasteiger charge is -2.26. The number of ether oxygens (including phenoxy) is 1. The van der Waals surface area contributed by atoms with Crippen molar-refractivity contribution >= 4 is 11.9 Å². The highest BCUT2D eigenvalue weighted by Crippen LogP contribution is 2.24. The van der Waals surface area contributed by atoms with Crippen LogP contribution in [0.4, 0.5) is 4.79 Å². The summed E-state index contributed by atoms with van der Waals surface area (Å²) < 4.78 is 5.25. The number of aliphatic hydroxyl groups excluding tert-OH is 1. The van der Waals surface area contributed by atoms with Crippen LogP contribution in [0.15, 0.2) is 0 Å². The van der Waals surface area contributed by atoms with Gasteiger partial charge in [0.15, 0.2) is 0 Å². The Morgan fingerprint density at radius 2 is 2.16 bits per heavy atom. The van der Waals surface area contributed by atoms with Crippen molar-refractivity contribution < 1.29 is 19.4 Å². The second-order valence-electron chi connectivity index (χ2n) is 5.98. The van der Waals surface area contributed by atoms with Gasteiger partial charge in [-0.1, -0.05) is 13.8 Å². The molecule has 19 heavy (non-hydrogen) atoms. The molecule has 0 bridgehead atoms. The van der Waals surface area contributed by atoms with Crippen LogP contribution in [-0.2, 0) is 9.53 Å². The Labute approximate surface area is 113 Å². The van der Waals surface area contributed by atoms with E-state index in [0.717, 1.165) is 6.42 Å². The van der Waals surface area contributed by atoms with Crippen LogP contribution in [0.2, 0.25) is 0 Å². The number of morpholine rings is 1. The largest absolute Gasteiger partial charge is 0.396 e. The van der Waals surface area contributed by atoms with Crippen molar-refractivity contribution in [2.75, 3.05) is 32.9 Å². The number of urea groups is 1. The van der Waals surface area contributed by atoms with E-state index in [-0.39, 0.29) is 24.0 Å². The van der Waals surface area contributed by atoms with Crippen LogP contribution < -0.4 is 0 Å². The van der Waals surface area contributed by atoms with Crippen LogP contribution in [0.25, 0.3) is 0 Å². The van der Waals surface area contributed by atoms with Crippen LogP contribution in [0.3, 0.4) is 0 Å². The number of nitrogens with zero attached hydrogens (tertiary/aromatic N) is 2. The van der Waals surface area contributed by atoms with Gasteiger partial charge in [-0.05, 0) is 18.3 Å². The van der Waals surface area contributed by atoms with Crippen LogP contribution in [0.1, 0.15) is 26.7 Å². The lowest BCUT2D eigenvalue weighted by molar-refractivity contribution is -0.131. The third-order valence-corrected chi connectivity index (χ3v) is 3.82. The van der Waals surface area contributed by atoms with E-state index in [4.69, 9.17) is 4.74 Å². The number of carbonyl (C=O) groups is 2. The molecular weight excluding hydrogens is 248 g/mol. The number of amides is 3. The summed E-state index contributed by atoms with van der Waals surface area (Å²) in [5.41, 5.74) is -0.165. The molecule has 2 aliphatic rings. The van der Waals surface area contributed by atoms with Crippen molar-refractivity contribution in [1.82, 2.24) is 9.80 Å². The highest BCUT2D eigenvalue weighted by molar-refractivity contribution is 6.04. The summed E-state index contributed by atoms with van der Waals surface area (Å²) in [6.45, 7) is 5.78. The minimum Gasteiger partial charge on any atom is -0.396 e. The van der Waals surface area contributed by atoms with Gasteiger partial charge in [0.05, 0.1) is 13.2 Å². The maximum atomic E-state index is 12.1. The van der Waals surface area contributed by atoms with Gasteiger partial charge >= 0.3 is 6.03 Å². The molecule has 6 heteroatoms. The summed E-state index contributed by atoms with van der Waals surface area (Å²) in [5, 5.41) is 9.19. The first-order valence-corrected chi connectivity index (χ1v) is 6.77. The summed E-state index contributed by atoms with van der Waals surface area (Å²) in [6.07, 6.45) is 1.49. The van der Waals surface area contributed by atoms with E-state index < -0.39 is 6.04 Å². The molecule has 3 amide bonds. The molecule has 0 aromatic heterocycles. The van der Waals surface area contributed by atoms with Crippen molar-refractivity contribution in [2.45, 2.75) is 32.7 Å². The van der Waals surface area contributed by atoms with E-state index in [0.29, 0.717) is 32.7 Å². The van der Waals surface area contributed by atoms with E-state index in [2.05, 4.69) is 0 Å². The molecule has 1 N–H and O–H groups in total. The number of hydrogen-bond acceptors (Lipinski definition) is 4. The first-order chi connectivity index (χ1) is 8.96. The topological polar surface area (TPSA) is 70.1 Å². The third-order valence-electron chi connectivity index (χ3n) is 3.82. The predicted octanol–water partition coefficient (Wildman–Crippen LogP) is 0.448. The van der Waals surface area contributed by atoms with E-state index in [9.17, 15) is 14.7 Å². The molecule has 6 nitrogen and oxygen atoms in total. The Morgan fingerprint density at radius 1 is 1.42 bits per heavy atom. The molecule has 1 unspecified atom stereocenters. The van der Waals surface area contributed by atoms with Crippen molar-refractivity contribution in [1.29, 1.82) is 0 Å². The van der Waals surface area contributed by atoms with Crippen molar-refractivity contribution in [3.05, 3.63) is 0 Å². The molecule has 1 atom stereocenters. The number of carbonyl (C=O) groups excluding carboxylic acids is 2. The molecule has 0 spiro atoms. The minimum absolute atomic E-state index is 0.109. The van der Waals surface area contributed by atoms with Gasteiger partial charge in [-0.3, -0.25) is 9.69 Å². The smallest absolute Gasteiger partial charge is 0.327 e. The molecule has 0 aromatic rings. The molecule has 0 aliphatic carbocycles. The molecule has 2 heterocycles. The summed E-state index contributed by atoms with van der Waals surface area (Å²) in [4.78, 5) is 27.1. The quantitative estimate of drug-likeness (QED) is 0.736. The summed E-state index contributed by atoms with van der Waals surface area (Å²) in [5.74, 6) is -0.147. The first kappa shape index (κ1) is 14.3. The first-order valence-electron chi connectivity index (χ1n) is 6.77. The average molecular weight is 270 g/mol. The van der Waals surface area contributed by atoms with Gasteiger partial charge in [0, 0.05) is 19.7 Å². The fraction of sp³-hybridized carbons (Fsp3) is 0.846. The van der Waals surface area contributed by atoms with E-state index in [1.165, 1.54) is 4.90 Å². The van der Waals surface area contributed by atoms with Gasteiger partial charge in [-0.2, -0.15) is 0 Å². The molecule has 0 radical (unpaired) electrons. The molecule has 2 fully saturated rings. The number of imide groups is 1. The Bertz CT molecular complexity index is 346. The zero-order valence-electron chi connectivity index (χ0n) is 11.6. The number of hydrogen-bond donors (Lipinski definition) is 1. The lowest BCUT2D eigenvalue weighted by Crippen LogP contribution is -2.45. The highest BCUT2D eigenvalue weighted by atomic mass is 16.5. The fourth-order valence-corrected chi connectivity index (χ4v) is 2.47.